The molecule has 1 aliphatic rings. The van der Waals surface area contributed by atoms with Gasteiger partial charge in [-0.05, 0) is 6.07 Å². The first-order valence-electron chi connectivity index (χ1n) is 7.24. The maximum absolute atomic E-state index is 12.5. The van der Waals surface area contributed by atoms with Gasteiger partial charge in [-0.1, -0.05) is 0 Å². The number of hydrogen-bond acceptors (Lipinski definition) is 7. The van der Waals surface area contributed by atoms with Crippen molar-refractivity contribution in [2.24, 2.45) is 0 Å². The lowest BCUT2D eigenvalue weighted by Gasteiger charge is -2.27. The molecule has 1 atom stereocenters. The van der Waals surface area contributed by atoms with Gasteiger partial charge in [0.05, 0.1) is 35.3 Å². The highest BCUT2D eigenvalue weighted by Gasteiger charge is 2.16. The molecule has 1 aliphatic heterocycles. The summed E-state index contributed by atoms with van der Waals surface area (Å²) < 4.78 is 17.8. The maximum Gasteiger partial charge on any atom is 0.197 e. The molecule has 23 heavy (non-hydrogen) atoms. The highest BCUT2D eigenvalue weighted by molar-refractivity contribution is 7.84. The van der Waals surface area contributed by atoms with Crippen LogP contribution in [-0.4, -0.2) is 50.4 Å². The SMILES string of the molecule is O=S(Cc1nccc(N2CCOCC2)n1)c1nc2cscc2[nH]1. The number of H-pyrrole nitrogens is 1. The summed E-state index contributed by atoms with van der Waals surface area (Å²) in [4.78, 5) is 18.4. The molecule has 4 heterocycles. The molecule has 1 N–H and O–H groups in total. The Hall–Kier alpha value is -1.84. The summed E-state index contributed by atoms with van der Waals surface area (Å²) in [5.41, 5.74) is 1.77. The number of aromatic amines is 1. The summed E-state index contributed by atoms with van der Waals surface area (Å²) in [7, 11) is -1.29. The van der Waals surface area contributed by atoms with Crippen LogP contribution in [0.1, 0.15) is 5.82 Å². The first kappa shape index (κ1) is 14.7. The minimum Gasteiger partial charge on any atom is -0.378 e. The zero-order valence-corrected chi connectivity index (χ0v) is 13.9. The molecule has 3 aromatic rings. The zero-order chi connectivity index (χ0) is 15.6. The zero-order valence-electron chi connectivity index (χ0n) is 12.3. The van der Waals surface area contributed by atoms with E-state index in [1.54, 1.807) is 17.5 Å². The first-order chi connectivity index (χ1) is 11.3. The maximum atomic E-state index is 12.5. The number of hydrogen-bond donors (Lipinski definition) is 1. The van der Waals surface area contributed by atoms with E-state index in [0.717, 1.165) is 29.9 Å². The average molecular weight is 349 g/mol. The van der Waals surface area contributed by atoms with Crippen molar-refractivity contribution in [3.63, 3.8) is 0 Å². The predicted octanol–water partition coefficient (Wildman–Crippen LogP) is 1.56. The van der Waals surface area contributed by atoms with E-state index in [1.165, 1.54) is 0 Å². The quantitative estimate of drug-likeness (QED) is 0.769. The fourth-order valence-corrected chi connectivity index (χ4v) is 4.07. The number of thiophene rings is 1. The van der Waals surface area contributed by atoms with Gasteiger partial charge in [-0.15, -0.1) is 11.3 Å². The monoisotopic (exact) mass is 349 g/mol. The van der Waals surface area contributed by atoms with Gasteiger partial charge in [-0.25, -0.2) is 15.0 Å². The topological polar surface area (TPSA) is 84.0 Å². The molecule has 0 radical (unpaired) electrons. The van der Waals surface area contributed by atoms with Crippen LogP contribution in [0.25, 0.3) is 11.0 Å². The van der Waals surface area contributed by atoms with Gasteiger partial charge in [0, 0.05) is 30.0 Å². The lowest BCUT2D eigenvalue weighted by atomic mass is 10.4. The molecular formula is C14H15N5O2S2. The van der Waals surface area contributed by atoms with Gasteiger partial charge in [-0.2, -0.15) is 0 Å². The van der Waals surface area contributed by atoms with Crippen LogP contribution in [0.5, 0.6) is 0 Å². The largest absolute Gasteiger partial charge is 0.378 e. The molecule has 0 aliphatic carbocycles. The molecule has 1 saturated heterocycles. The number of aromatic nitrogens is 4. The third-order valence-electron chi connectivity index (χ3n) is 3.61. The van der Waals surface area contributed by atoms with Crippen LogP contribution in [0.4, 0.5) is 5.82 Å². The van der Waals surface area contributed by atoms with Gasteiger partial charge >= 0.3 is 0 Å². The van der Waals surface area contributed by atoms with Crippen LogP contribution in [-0.2, 0) is 21.3 Å². The summed E-state index contributed by atoms with van der Waals surface area (Å²) in [6.07, 6.45) is 1.71. The minimum atomic E-state index is -1.29. The standard InChI is InChI=1S/C14H15N5O2S2/c20-23(14-16-10-7-22-8-11(10)17-14)9-12-15-2-1-13(18-12)19-3-5-21-6-4-19/h1-2,7-8H,3-6,9H2,(H,16,17). The van der Waals surface area contributed by atoms with E-state index in [9.17, 15) is 4.21 Å². The minimum absolute atomic E-state index is 0.248. The Morgan fingerprint density at radius 1 is 1.30 bits per heavy atom. The average Bonchev–Trinajstić information content (AvgIpc) is 3.18. The summed E-state index contributed by atoms with van der Waals surface area (Å²) in [5.74, 6) is 1.67. The van der Waals surface area contributed by atoms with Crippen molar-refractivity contribution < 1.29 is 8.95 Å². The van der Waals surface area contributed by atoms with Crippen molar-refractivity contribution in [1.82, 2.24) is 19.9 Å². The van der Waals surface area contributed by atoms with Crippen LogP contribution in [0, 0.1) is 0 Å². The molecule has 0 bridgehead atoms. The second kappa shape index (κ2) is 6.34. The molecule has 0 spiro atoms. The molecule has 3 aromatic heterocycles. The van der Waals surface area contributed by atoms with Gasteiger partial charge < -0.3 is 14.6 Å². The van der Waals surface area contributed by atoms with Crippen LogP contribution in [0.2, 0.25) is 0 Å². The van der Waals surface area contributed by atoms with E-state index in [0.29, 0.717) is 24.2 Å². The number of rotatable bonds is 4. The van der Waals surface area contributed by atoms with Crippen molar-refractivity contribution in [2.75, 3.05) is 31.2 Å². The number of fused-ring (bicyclic) bond motifs is 1. The second-order valence-electron chi connectivity index (χ2n) is 5.13. The Bertz CT molecular complexity index is 812. The lowest BCUT2D eigenvalue weighted by Crippen LogP contribution is -2.36. The molecule has 120 valence electrons. The Labute approximate surface area is 139 Å². The lowest BCUT2D eigenvalue weighted by molar-refractivity contribution is 0.122. The summed E-state index contributed by atoms with van der Waals surface area (Å²) in [5, 5.41) is 4.36. The Kier molecular flexibility index (Phi) is 4.06. The molecule has 1 fully saturated rings. The highest BCUT2D eigenvalue weighted by atomic mass is 32.2. The van der Waals surface area contributed by atoms with Crippen LogP contribution < -0.4 is 4.90 Å². The first-order valence-corrected chi connectivity index (χ1v) is 9.51. The fraction of sp³-hybridized carbons (Fsp3) is 0.357. The van der Waals surface area contributed by atoms with Crippen LogP contribution >= 0.6 is 11.3 Å². The molecule has 1 unspecified atom stereocenters. The highest BCUT2D eigenvalue weighted by Crippen LogP contribution is 2.19. The van der Waals surface area contributed by atoms with Gasteiger partial charge in [0.2, 0.25) is 0 Å². The predicted molar refractivity (Wildman–Crippen MR) is 89.1 cm³/mol. The van der Waals surface area contributed by atoms with Gasteiger partial charge in [0.1, 0.15) is 17.2 Å². The number of morpholine rings is 1. The van der Waals surface area contributed by atoms with Crippen LogP contribution in [0.15, 0.2) is 28.2 Å². The molecular weight excluding hydrogens is 334 g/mol. The van der Waals surface area contributed by atoms with Crippen molar-refractivity contribution in [2.45, 2.75) is 10.9 Å². The number of anilines is 1. The molecule has 9 heteroatoms. The van der Waals surface area contributed by atoms with E-state index >= 15 is 0 Å². The third kappa shape index (κ3) is 3.12. The Morgan fingerprint density at radius 2 is 2.17 bits per heavy atom. The molecule has 0 aromatic carbocycles. The molecule has 0 amide bonds. The second-order valence-corrected chi connectivity index (χ2v) is 7.24. The Morgan fingerprint density at radius 3 is 3.00 bits per heavy atom. The van der Waals surface area contributed by atoms with Crippen molar-refractivity contribution in [3.8, 4) is 0 Å². The molecule has 0 saturated carbocycles. The number of imidazole rings is 1. The van der Waals surface area contributed by atoms with E-state index in [-0.39, 0.29) is 5.75 Å². The van der Waals surface area contributed by atoms with E-state index in [1.807, 2.05) is 16.8 Å². The molecule has 7 nitrogen and oxygen atoms in total. The fourth-order valence-electron chi connectivity index (χ4n) is 2.44. The van der Waals surface area contributed by atoms with Gasteiger partial charge in [-0.3, -0.25) is 4.21 Å². The van der Waals surface area contributed by atoms with Crippen LogP contribution in [0.3, 0.4) is 0 Å². The number of nitrogens with one attached hydrogen (secondary N) is 1. The third-order valence-corrected chi connectivity index (χ3v) is 5.48. The van der Waals surface area contributed by atoms with Crippen molar-refractivity contribution in [1.29, 1.82) is 0 Å². The van der Waals surface area contributed by atoms with E-state index < -0.39 is 10.8 Å². The van der Waals surface area contributed by atoms with E-state index in [2.05, 4.69) is 24.8 Å². The summed E-state index contributed by atoms with van der Waals surface area (Å²) in [6.45, 7) is 3.03. The smallest absolute Gasteiger partial charge is 0.197 e. The van der Waals surface area contributed by atoms with Gasteiger partial charge in [0.15, 0.2) is 5.16 Å². The summed E-state index contributed by atoms with van der Waals surface area (Å²) in [6, 6.07) is 1.88. The molecule has 4 rings (SSSR count). The summed E-state index contributed by atoms with van der Waals surface area (Å²) >= 11 is 1.57. The van der Waals surface area contributed by atoms with E-state index in [4.69, 9.17) is 4.74 Å². The Balaban J connectivity index is 1.51. The van der Waals surface area contributed by atoms with Crippen molar-refractivity contribution in [3.05, 3.63) is 28.8 Å². The normalized spacial score (nSPS) is 16.8. The number of nitrogens with zero attached hydrogens (tertiary/aromatic N) is 4. The van der Waals surface area contributed by atoms with Gasteiger partial charge in [0.25, 0.3) is 0 Å². The number of ether oxygens (including phenoxy) is 1. The van der Waals surface area contributed by atoms with Crippen molar-refractivity contribution >= 4 is 39.0 Å².